The quantitative estimate of drug-likeness (QED) is 0.805. The van der Waals surface area contributed by atoms with Gasteiger partial charge in [0.05, 0.1) is 12.7 Å². The molecule has 1 saturated heterocycles. The highest BCUT2D eigenvalue weighted by atomic mass is 19.4. The van der Waals surface area contributed by atoms with Gasteiger partial charge in [0.1, 0.15) is 5.75 Å². The number of fused-ring (bicyclic) bond motifs is 2. The van der Waals surface area contributed by atoms with E-state index >= 15 is 0 Å². The molecule has 0 saturated carbocycles. The molecule has 3 rings (SSSR count). The lowest BCUT2D eigenvalue weighted by Crippen LogP contribution is -2.45. The first-order valence-corrected chi connectivity index (χ1v) is 7.58. The molecule has 120 valence electrons. The Bertz CT molecular complexity index is 594. The van der Waals surface area contributed by atoms with Crippen LogP contribution in [0.3, 0.4) is 0 Å². The number of halogens is 3. The maximum Gasteiger partial charge on any atom is 0.419 e. The minimum absolute atomic E-state index is 0.120. The predicted molar refractivity (Wildman–Crippen MR) is 79.8 cm³/mol. The largest absolute Gasteiger partial charge is 0.496 e. The van der Waals surface area contributed by atoms with Gasteiger partial charge in [-0.2, -0.15) is 13.2 Å². The Morgan fingerprint density at radius 2 is 2.00 bits per heavy atom. The van der Waals surface area contributed by atoms with Crippen LogP contribution < -0.4 is 4.74 Å². The highest BCUT2D eigenvalue weighted by Crippen LogP contribution is 2.41. The van der Waals surface area contributed by atoms with Crippen LogP contribution in [0.25, 0.3) is 5.57 Å². The van der Waals surface area contributed by atoms with E-state index in [1.54, 1.807) is 6.07 Å². The first-order valence-electron chi connectivity index (χ1n) is 7.58. The monoisotopic (exact) mass is 311 g/mol. The molecule has 2 aliphatic heterocycles. The van der Waals surface area contributed by atoms with Crippen molar-refractivity contribution in [2.45, 2.75) is 43.9 Å². The Balaban J connectivity index is 1.99. The van der Waals surface area contributed by atoms with Crippen LogP contribution in [0.15, 0.2) is 24.3 Å². The molecule has 0 amide bonds. The number of methoxy groups -OCH3 is 1. The topological polar surface area (TPSA) is 12.5 Å². The summed E-state index contributed by atoms with van der Waals surface area (Å²) in [4.78, 5) is 2.35. The van der Waals surface area contributed by atoms with Crippen LogP contribution in [-0.4, -0.2) is 31.1 Å². The molecule has 2 aliphatic rings. The molecule has 0 spiro atoms. The van der Waals surface area contributed by atoms with Crippen molar-refractivity contribution in [3.63, 3.8) is 0 Å². The SMILES string of the molecule is COc1ccc(C2=CC3CCCC(C2)N3C)cc1C(F)(F)F. The Hall–Kier alpha value is -1.49. The number of hydrogen-bond donors (Lipinski definition) is 0. The third kappa shape index (κ3) is 2.74. The molecule has 0 aromatic heterocycles. The molecule has 2 atom stereocenters. The van der Waals surface area contributed by atoms with Crippen molar-refractivity contribution in [1.82, 2.24) is 4.90 Å². The summed E-state index contributed by atoms with van der Waals surface area (Å²) in [5.41, 5.74) is 0.997. The van der Waals surface area contributed by atoms with Crippen LogP contribution in [-0.2, 0) is 6.18 Å². The normalized spacial score (nSPS) is 25.8. The fraction of sp³-hybridized carbons (Fsp3) is 0.529. The van der Waals surface area contributed by atoms with Gasteiger partial charge in [0.15, 0.2) is 0 Å². The first kappa shape index (κ1) is 15.4. The number of nitrogens with zero attached hydrogens (tertiary/aromatic N) is 1. The van der Waals surface area contributed by atoms with E-state index in [1.165, 1.54) is 25.7 Å². The molecule has 1 aromatic carbocycles. The fourth-order valence-corrected chi connectivity index (χ4v) is 3.59. The van der Waals surface area contributed by atoms with Gasteiger partial charge < -0.3 is 4.74 Å². The smallest absolute Gasteiger partial charge is 0.419 e. The van der Waals surface area contributed by atoms with Crippen LogP contribution in [0.2, 0.25) is 0 Å². The summed E-state index contributed by atoms with van der Waals surface area (Å²) < 4.78 is 44.4. The molecule has 0 radical (unpaired) electrons. The van der Waals surface area contributed by atoms with Crippen molar-refractivity contribution in [3.8, 4) is 5.75 Å². The molecule has 2 nitrogen and oxygen atoms in total. The molecule has 0 aliphatic carbocycles. The number of ether oxygens (including phenoxy) is 1. The second-order valence-corrected chi connectivity index (χ2v) is 6.13. The molecular weight excluding hydrogens is 291 g/mol. The Morgan fingerprint density at radius 3 is 2.64 bits per heavy atom. The van der Waals surface area contributed by atoms with Gasteiger partial charge in [-0.05, 0) is 49.6 Å². The van der Waals surface area contributed by atoms with Crippen LogP contribution in [0.1, 0.15) is 36.8 Å². The molecule has 5 heteroatoms. The van der Waals surface area contributed by atoms with Gasteiger partial charge in [-0.1, -0.05) is 18.6 Å². The second kappa shape index (κ2) is 5.61. The van der Waals surface area contributed by atoms with Crippen LogP contribution >= 0.6 is 0 Å². The van der Waals surface area contributed by atoms with E-state index < -0.39 is 11.7 Å². The summed E-state index contributed by atoms with van der Waals surface area (Å²) in [6, 6.07) is 5.17. The zero-order valence-electron chi connectivity index (χ0n) is 12.8. The Labute approximate surface area is 128 Å². The number of benzene rings is 1. The number of piperidine rings is 1. The number of hydrogen-bond acceptors (Lipinski definition) is 2. The standard InChI is InChI=1S/C17H20F3NO/c1-21-13-4-3-5-14(21)9-12(8-13)11-6-7-16(22-2)15(10-11)17(18,19)20/h6-8,10,13-14H,3-5,9H2,1-2H3. The zero-order chi connectivity index (χ0) is 15.9. The van der Waals surface area contributed by atoms with Crippen LogP contribution in [0.4, 0.5) is 13.2 Å². The van der Waals surface area contributed by atoms with Gasteiger partial charge >= 0.3 is 6.18 Å². The van der Waals surface area contributed by atoms with Gasteiger partial charge in [-0.25, -0.2) is 0 Å². The summed E-state index contributed by atoms with van der Waals surface area (Å²) in [5, 5.41) is 0. The average molecular weight is 311 g/mol. The third-order valence-electron chi connectivity index (χ3n) is 4.86. The van der Waals surface area contributed by atoms with E-state index in [0.717, 1.165) is 24.8 Å². The van der Waals surface area contributed by atoms with E-state index in [9.17, 15) is 13.2 Å². The maximum absolute atomic E-state index is 13.2. The summed E-state index contributed by atoms with van der Waals surface area (Å²) >= 11 is 0. The van der Waals surface area contributed by atoms with Crippen molar-refractivity contribution < 1.29 is 17.9 Å². The van der Waals surface area contributed by atoms with Gasteiger partial charge in [-0.15, -0.1) is 0 Å². The highest BCUT2D eigenvalue weighted by Gasteiger charge is 2.36. The van der Waals surface area contributed by atoms with Gasteiger partial charge in [0.25, 0.3) is 0 Å². The zero-order valence-corrected chi connectivity index (χ0v) is 12.8. The lowest BCUT2D eigenvalue weighted by molar-refractivity contribution is -0.138. The number of likely N-dealkylation sites (N-methyl/N-ethyl adjacent to an activating group) is 1. The van der Waals surface area contributed by atoms with Gasteiger partial charge in [-0.3, -0.25) is 4.90 Å². The van der Waals surface area contributed by atoms with Crippen molar-refractivity contribution in [1.29, 1.82) is 0 Å². The Morgan fingerprint density at radius 1 is 1.23 bits per heavy atom. The van der Waals surface area contributed by atoms with Gasteiger partial charge in [0.2, 0.25) is 0 Å². The number of rotatable bonds is 2. The minimum Gasteiger partial charge on any atom is -0.496 e. The summed E-state index contributed by atoms with van der Waals surface area (Å²) in [6.07, 6.45) is 1.95. The van der Waals surface area contributed by atoms with Crippen LogP contribution in [0, 0.1) is 0 Å². The molecule has 22 heavy (non-hydrogen) atoms. The third-order valence-corrected chi connectivity index (χ3v) is 4.86. The average Bonchev–Trinajstić information content (AvgIpc) is 2.45. The highest BCUT2D eigenvalue weighted by molar-refractivity contribution is 5.69. The maximum atomic E-state index is 13.2. The van der Waals surface area contributed by atoms with E-state index in [1.807, 2.05) is 0 Å². The van der Waals surface area contributed by atoms with Crippen molar-refractivity contribution in [2.24, 2.45) is 0 Å². The van der Waals surface area contributed by atoms with E-state index in [0.29, 0.717) is 17.6 Å². The molecule has 2 bridgehead atoms. The summed E-state index contributed by atoms with van der Waals surface area (Å²) in [6.45, 7) is 0. The summed E-state index contributed by atoms with van der Waals surface area (Å²) in [5.74, 6) is -0.120. The second-order valence-electron chi connectivity index (χ2n) is 6.13. The predicted octanol–water partition coefficient (Wildman–Crippen LogP) is 4.35. The lowest BCUT2D eigenvalue weighted by atomic mass is 9.83. The van der Waals surface area contributed by atoms with Crippen LogP contribution in [0.5, 0.6) is 5.75 Å². The van der Waals surface area contributed by atoms with Gasteiger partial charge in [0, 0.05) is 12.1 Å². The molecular formula is C17H20F3NO. The minimum atomic E-state index is -4.40. The fourth-order valence-electron chi connectivity index (χ4n) is 3.59. The molecule has 1 fully saturated rings. The first-order chi connectivity index (χ1) is 10.4. The molecule has 2 heterocycles. The van der Waals surface area contributed by atoms with Crippen molar-refractivity contribution in [2.75, 3.05) is 14.2 Å². The van der Waals surface area contributed by atoms with Crippen molar-refractivity contribution >= 4 is 5.57 Å². The van der Waals surface area contributed by atoms with E-state index in [4.69, 9.17) is 4.74 Å². The molecule has 1 aromatic rings. The Kier molecular flexibility index (Phi) is 3.93. The lowest BCUT2D eigenvalue weighted by Gasteiger charge is -2.43. The van der Waals surface area contributed by atoms with E-state index in [-0.39, 0.29) is 5.75 Å². The molecule has 2 unspecified atom stereocenters. The summed E-state index contributed by atoms with van der Waals surface area (Å²) in [7, 11) is 3.38. The molecule has 0 N–H and O–H groups in total. The van der Waals surface area contributed by atoms with Crippen molar-refractivity contribution in [3.05, 3.63) is 35.4 Å². The van der Waals surface area contributed by atoms with E-state index in [2.05, 4.69) is 18.0 Å². The number of alkyl halides is 3.